The Kier molecular flexibility index (Phi) is 2.91. The van der Waals surface area contributed by atoms with Crippen LogP contribution in [0.5, 0.6) is 0 Å². The summed E-state index contributed by atoms with van der Waals surface area (Å²) in [5.41, 5.74) is 0. The monoisotopic (exact) mass is 225 g/mol. The number of carbonyl (C=O) groups excluding carboxylic acids is 3. The molecule has 0 saturated carbocycles. The first-order valence-electron chi connectivity index (χ1n) is 5.42. The highest BCUT2D eigenvalue weighted by atomic mass is 16.2. The molecule has 0 aromatic carbocycles. The van der Waals surface area contributed by atoms with Crippen LogP contribution in [0.4, 0.5) is 0 Å². The molecule has 1 unspecified atom stereocenters. The van der Waals surface area contributed by atoms with Gasteiger partial charge in [-0.25, -0.2) is 0 Å². The molecule has 0 radical (unpaired) electrons. The fourth-order valence-corrected chi connectivity index (χ4v) is 1.88. The molecule has 0 spiro atoms. The SMILES string of the molecule is CC1C(=O)NC(=O)CN1C(=O)CC1CNC1. The van der Waals surface area contributed by atoms with Crippen molar-refractivity contribution < 1.29 is 14.4 Å². The quantitative estimate of drug-likeness (QED) is 0.559. The molecular formula is C10H15N3O3. The summed E-state index contributed by atoms with van der Waals surface area (Å²) in [6.45, 7) is 3.31. The van der Waals surface area contributed by atoms with Crippen LogP contribution in [0.25, 0.3) is 0 Å². The van der Waals surface area contributed by atoms with Gasteiger partial charge in [0.25, 0.3) is 0 Å². The van der Waals surface area contributed by atoms with Crippen molar-refractivity contribution in [3.63, 3.8) is 0 Å². The number of rotatable bonds is 2. The van der Waals surface area contributed by atoms with Gasteiger partial charge in [-0.15, -0.1) is 0 Å². The van der Waals surface area contributed by atoms with Crippen molar-refractivity contribution in [2.75, 3.05) is 19.6 Å². The molecule has 0 aromatic rings. The Morgan fingerprint density at radius 3 is 2.69 bits per heavy atom. The number of amides is 3. The Morgan fingerprint density at radius 2 is 2.12 bits per heavy atom. The van der Waals surface area contributed by atoms with Crippen LogP contribution >= 0.6 is 0 Å². The lowest BCUT2D eigenvalue weighted by Crippen LogP contribution is -2.59. The summed E-state index contributed by atoms with van der Waals surface area (Å²) >= 11 is 0. The van der Waals surface area contributed by atoms with Crippen molar-refractivity contribution in [2.45, 2.75) is 19.4 Å². The molecule has 16 heavy (non-hydrogen) atoms. The zero-order valence-electron chi connectivity index (χ0n) is 9.16. The van der Waals surface area contributed by atoms with E-state index in [1.807, 2.05) is 0 Å². The molecule has 1 atom stereocenters. The fourth-order valence-electron chi connectivity index (χ4n) is 1.88. The minimum atomic E-state index is -0.543. The van der Waals surface area contributed by atoms with Crippen molar-refractivity contribution in [2.24, 2.45) is 5.92 Å². The predicted octanol–water partition coefficient (Wildman–Crippen LogP) is -1.53. The standard InChI is InChI=1S/C10H15N3O3/c1-6-10(16)12-8(14)5-13(6)9(15)2-7-3-11-4-7/h6-7,11H,2-5H2,1H3,(H,12,14,16). The Labute approximate surface area is 93.4 Å². The van der Waals surface area contributed by atoms with Gasteiger partial charge in [0.2, 0.25) is 17.7 Å². The van der Waals surface area contributed by atoms with E-state index in [9.17, 15) is 14.4 Å². The van der Waals surface area contributed by atoms with Gasteiger partial charge in [0.05, 0.1) is 0 Å². The summed E-state index contributed by atoms with van der Waals surface area (Å²) in [6, 6.07) is -0.543. The summed E-state index contributed by atoms with van der Waals surface area (Å²) in [5.74, 6) is -0.554. The number of nitrogens with one attached hydrogen (secondary N) is 2. The van der Waals surface area contributed by atoms with E-state index in [-0.39, 0.29) is 12.5 Å². The molecule has 2 saturated heterocycles. The Balaban J connectivity index is 1.97. The molecule has 6 heteroatoms. The van der Waals surface area contributed by atoms with Gasteiger partial charge >= 0.3 is 0 Å². The average Bonchev–Trinajstić information content (AvgIpc) is 2.17. The maximum Gasteiger partial charge on any atom is 0.249 e. The first-order chi connectivity index (χ1) is 7.58. The largest absolute Gasteiger partial charge is 0.322 e. The summed E-state index contributed by atoms with van der Waals surface area (Å²) in [7, 11) is 0. The Hall–Kier alpha value is -1.43. The molecule has 88 valence electrons. The van der Waals surface area contributed by atoms with Crippen LogP contribution in [-0.4, -0.2) is 48.3 Å². The third kappa shape index (κ3) is 2.06. The highest BCUT2D eigenvalue weighted by Crippen LogP contribution is 2.13. The van der Waals surface area contributed by atoms with Crippen molar-refractivity contribution in [3.8, 4) is 0 Å². The minimum Gasteiger partial charge on any atom is -0.322 e. The highest BCUT2D eigenvalue weighted by molar-refractivity contribution is 6.04. The van der Waals surface area contributed by atoms with Crippen LogP contribution in [0, 0.1) is 5.92 Å². The zero-order valence-corrected chi connectivity index (χ0v) is 9.16. The molecule has 2 rings (SSSR count). The predicted molar refractivity (Wildman–Crippen MR) is 55.3 cm³/mol. The van der Waals surface area contributed by atoms with Crippen LogP contribution in [0.3, 0.4) is 0 Å². The number of nitrogens with zero attached hydrogens (tertiary/aromatic N) is 1. The molecule has 2 aliphatic heterocycles. The number of hydrogen-bond donors (Lipinski definition) is 2. The van der Waals surface area contributed by atoms with E-state index < -0.39 is 17.9 Å². The van der Waals surface area contributed by atoms with Gasteiger partial charge in [-0.2, -0.15) is 0 Å². The van der Waals surface area contributed by atoms with E-state index in [0.717, 1.165) is 13.1 Å². The molecule has 2 heterocycles. The highest BCUT2D eigenvalue weighted by Gasteiger charge is 2.34. The molecular weight excluding hydrogens is 210 g/mol. The fraction of sp³-hybridized carbons (Fsp3) is 0.700. The Morgan fingerprint density at radius 1 is 1.44 bits per heavy atom. The summed E-state index contributed by atoms with van der Waals surface area (Å²) < 4.78 is 0. The second-order valence-electron chi connectivity index (χ2n) is 4.34. The van der Waals surface area contributed by atoms with Gasteiger partial charge in [-0.1, -0.05) is 0 Å². The molecule has 2 fully saturated rings. The zero-order chi connectivity index (χ0) is 11.7. The summed E-state index contributed by atoms with van der Waals surface area (Å²) in [4.78, 5) is 35.7. The molecule has 3 amide bonds. The van der Waals surface area contributed by atoms with Gasteiger partial charge in [0.1, 0.15) is 12.6 Å². The van der Waals surface area contributed by atoms with Crippen LogP contribution in [0.2, 0.25) is 0 Å². The van der Waals surface area contributed by atoms with E-state index in [1.165, 1.54) is 4.90 Å². The second-order valence-corrected chi connectivity index (χ2v) is 4.34. The van der Waals surface area contributed by atoms with Gasteiger partial charge in [0.15, 0.2) is 0 Å². The van der Waals surface area contributed by atoms with Gasteiger partial charge in [0, 0.05) is 6.42 Å². The van der Waals surface area contributed by atoms with Crippen molar-refractivity contribution in [1.29, 1.82) is 0 Å². The first kappa shape index (κ1) is 11.1. The van der Waals surface area contributed by atoms with Gasteiger partial charge in [-0.3, -0.25) is 19.7 Å². The molecule has 0 aliphatic carbocycles. The lowest BCUT2D eigenvalue weighted by Gasteiger charge is -2.34. The normalized spacial score (nSPS) is 26.3. The second kappa shape index (κ2) is 4.21. The maximum atomic E-state index is 11.9. The van der Waals surface area contributed by atoms with Crippen LogP contribution in [0.1, 0.15) is 13.3 Å². The van der Waals surface area contributed by atoms with E-state index in [0.29, 0.717) is 12.3 Å². The molecule has 0 aromatic heterocycles. The Bertz CT molecular complexity index is 338. The molecule has 6 nitrogen and oxygen atoms in total. The number of carbonyl (C=O) groups is 3. The van der Waals surface area contributed by atoms with E-state index >= 15 is 0 Å². The summed E-state index contributed by atoms with van der Waals surface area (Å²) in [6.07, 6.45) is 0.415. The van der Waals surface area contributed by atoms with Crippen molar-refractivity contribution >= 4 is 17.7 Å². The van der Waals surface area contributed by atoms with Crippen LogP contribution in [-0.2, 0) is 14.4 Å². The van der Waals surface area contributed by atoms with E-state index in [2.05, 4.69) is 10.6 Å². The first-order valence-corrected chi connectivity index (χ1v) is 5.42. The third-order valence-electron chi connectivity index (χ3n) is 3.07. The number of piperazine rings is 1. The molecule has 2 N–H and O–H groups in total. The van der Waals surface area contributed by atoms with E-state index in [4.69, 9.17) is 0 Å². The topological polar surface area (TPSA) is 78.5 Å². The third-order valence-corrected chi connectivity index (χ3v) is 3.07. The average molecular weight is 225 g/mol. The molecule has 0 bridgehead atoms. The number of imide groups is 1. The van der Waals surface area contributed by atoms with Gasteiger partial charge < -0.3 is 10.2 Å². The van der Waals surface area contributed by atoms with Gasteiger partial charge in [-0.05, 0) is 25.9 Å². The smallest absolute Gasteiger partial charge is 0.249 e. The van der Waals surface area contributed by atoms with Crippen molar-refractivity contribution in [1.82, 2.24) is 15.5 Å². The molecule has 2 aliphatic rings. The number of hydrogen-bond acceptors (Lipinski definition) is 4. The van der Waals surface area contributed by atoms with Crippen LogP contribution in [0.15, 0.2) is 0 Å². The lowest BCUT2D eigenvalue weighted by atomic mass is 9.98. The minimum absolute atomic E-state index is 0.00805. The van der Waals surface area contributed by atoms with Crippen LogP contribution < -0.4 is 10.6 Å². The van der Waals surface area contributed by atoms with Crippen molar-refractivity contribution in [3.05, 3.63) is 0 Å². The van der Waals surface area contributed by atoms with E-state index in [1.54, 1.807) is 6.92 Å². The maximum absolute atomic E-state index is 11.9. The lowest BCUT2D eigenvalue weighted by molar-refractivity contribution is -0.150. The summed E-state index contributed by atoms with van der Waals surface area (Å²) in [5, 5.41) is 5.29.